The molecule has 0 bridgehead atoms. The number of halogens is 3. The highest BCUT2D eigenvalue weighted by atomic mass is 19.4. The molecule has 4 nitrogen and oxygen atoms in total. The Bertz CT molecular complexity index is 513. The molecule has 0 saturated heterocycles. The molecule has 0 radical (unpaired) electrons. The van der Waals surface area contributed by atoms with Gasteiger partial charge in [0, 0.05) is 30.4 Å². The minimum absolute atomic E-state index is 0.00686. The summed E-state index contributed by atoms with van der Waals surface area (Å²) < 4.78 is 38.1. The number of carbonyl (C=O) groups excluding carboxylic acids is 1. The van der Waals surface area contributed by atoms with E-state index in [1.807, 2.05) is 0 Å². The van der Waals surface area contributed by atoms with Crippen LogP contribution in [0, 0.1) is 0 Å². The highest BCUT2D eigenvalue weighted by Crippen LogP contribution is 2.35. The first-order chi connectivity index (χ1) is 9.86. The van der Waals surface area contributed by atoms with Crippen molar-refractivity contribution >= 4 is 17.3 Å². The van der Waals surface area contributed by atoms with Crippen molar-refractivity contribution in [1.29, 1.82) is 0 Å². The molecule has 1 aromatic carbocycles. The van der Waals surface area contributed by atoms with Gasteiger partial charge >= 0.3 is 6.18 Å². The Morgan fingerprint density at radius 3 is 2.67 bits per heavy atom. The molecule has 0 atom stereocenters. The summed E-state index contributed by atoms with van der Waals surface area (Å²) in [4.78, 5) is 11.4. The normalized spacial score (nSPS) is 14.8. The van der Waals surface area contributed by atoms with E-state index in [0.29, 0.717) is 31.1 Å². The van der Waals surface area contributed by atoms with E-state index in [4.69, 9.17) is 5.73 Å². The summed E-state index contributed by atoms with van der Waals surface area (Å²) in [6.45, 7) is 0.430. The number of hydrogen-bond acceptors (Lipinski definition) is 3. The zero-order chi connectivity index (χ0) is 15.5. The number of benzene rings is 1. The van der Waals surface area contributed by atoms with Crippen LogP contribution in [0.1, 0.15) is 31.2 Å². The van der Waals surface area contributed by atoms with Crippen LogP contribution < -0.4 is 16.4 Å². The molecule has 1 aliphatic rings. The first-order valence-corrected chi connectivity index (χ1v) is 6.86. The Morgan fingerprint density at radius 1 is 1.33 bits per heavy atom. The summed E-state index contributed by atoms with van der Waals surface area (Å²) in [5, 5.41) is 5.73. The van der Waals surface area contributed by atoms with Gasteiger partial charge in [0.2, 0.25) is 5.91 Å². The number of amides is 1. The molecule has 0 aromatic heterocycles. The van der Waals surface area contributed by atoms with E-state index >= 15 is 0 Å². The van der Waals surface area contributed by atoms with E-state index in [9.17, 15) is 18.0 Å². The molecule has 21 heavy (non-hydrogen) atoms. The van der Waals surface area contributed by atoms with Gasteiger partial charge in [0.25, 0.3) is 0 Å². The van der Waals surface area contributed by atoms with Crippen molar-refractivity contribution in [3.8, 4) is 0 Å². The minimum atomic E-state index is -4.47. The Hall–Kier alpha value is -1.92. The van der Waals surface area contributed by atoms with E-state index in [2.05, 4.69) is 10.6 Å². The fourth-order valence-corrected chi connectivity index (χ4v) is 1.92. The second-order valence-electron chi connectivity index (χ2n) is 5.17. The van der Waals surface area contributed by atoms with Crippen molar-refractivity contribution in [3.05, 3.63) is 23.8 Å². The third-order valence-electron chi connectivity index (χ3n) is 3.21. The smallest absolute Gasteiger partial charge is 0.398 e. The van der Waals surface area contributed by atoms with Crippen molar-refractivity contribution in [2.24, 2.45) is 0 Å². The predicted octanol–water partition coefficient (Wildman–Crippen LogP) is 2.76. The van der Waals surface area contributed by atoms with Gasteiger partial charge in [0.05, 0.1) is 5.56 Å². The number of hydrogen-bond donors (Lipinski definition) is 3. The average Bonchev–Trinajstić information content (AvgIpc) is 3.19. The van der Waals surface area contributed by atoms with Gasteiger partial charge in [-0.15, -0.1) is 0 Å². The molecule has 7 heteroatoms. The lowest BCUT2D eigenvalue weighted by atomic mass is 10.1. The maximum atomic E-state index is 12.7. The van der Waals surface area contributed by atoms with Crippen LogP contribution in [-0.2, 0) is 11.0 Å². The van der Waals surface area contributed by atoms with Gasteiger partial charge in [0.1, 0.15) is 0 Å². The fraction of sp³-hybridized carbons (Fsp3) is 0.500. The quantitative estimate of drug-likeness (QED) is 0.559. The average molecular weight is 301 g/mol. The molecule has 2 rings (SSSR count). The van der Waals surface area contributed by atoms with Crippen molar-refractivity contribution in [2.45, 2.75) is 37.9 Å². The van der Waals surface area contributed by atoms with Crippen LogP contribution in [0.2, 0.25) is 0 Å². The number of alkyl halides is 3. The molecule has 1 aliphatic carbocycles. The third-order valence-corrected chi connectivity index (χ3v) is 3.21. The summed E-state index contributed by atoms with van der Waals surface area (Å²) in [7, 11) is 0. The van der Waals surface area contributed by atoms with Crippen LogP contribution in [0.3, 0.4) is 0 Å². The van der Waals surface area contributed by atoms with Gasteiger partial charge in [-0.3, -0.25) is 4.79 Å². The van der Waals surface area contributed by atoms with E-state index in [1.165, 1.54) is 12.1 Å². The maximum absolute atomic E-state index is 12.7. The molecule has 0 heterocycles. The Kier molecular flexibility index (Phi) is 4.59. The number of rotatable bonds is 6. The van der Waals surface area contributed by atoms with Crippen molar-refractivity contribution in [2.75, 3.05) is 17.6 Å². The largest absolute Gasteiger partial charge is 0.418 e. The summed E-state index contributed by atoms with van der Waals surface area (Å²) in [6, 6.07) is 4.04. The first kappa shape index (κ1) is 15.5. The lowest BCUT2D eigenvalue weighted by Crippen LogP contribution is -2.25. The van der Waals surface area contributed by atoms with Crippen LogP contribution >= 0.6 is 0 Å². The van der Waals surface area contributed by atoms with Crippen LogP contribution in [0.4, 0.5) is 24.5 Å². The Labute approximate surface area is 120 Å². The van der Waals surface area contributed by atoms with Crippen molar-refractivity contribution in [1.82, 2.24) is 5.32 Å². The molecule has 0 aliphatic heterocycles. The number of anilines is 2. The second-order valence-corrected chi connectivity index (χ2v) is 5.17. The molecule has 1 aromatic rings. The number of nitrogen functional groups attached to an aromatic ring is 1. The van der Waals surface area contributed by atoms with E-state index in [-0.39, 0.29) is 11.6 Å². The van der Waals surface area contributed by atoms with E-state index in [1.54, 1.807) is 0 Å². The standard InChI is InChI=1S/C14H18F3N3O/c15-14(16,17)11-8-10(5-6-12(11)18)19-7-1-2-13(21)20-9-3-4-9/h5-6,8-9,19H,1-4,7,18H2,(H,20,21). The zero-order valence-electron chi connectivity index (χ0n) is 11.5. The molecule has 116 valence electrons. The van der Waals surface area contributed by atoms with Gasteiger partial charge in [-0.1, -0.05) is 0 Å². The Balaban J connectivity index is 1.78. The summed E-state index contributed by atoms with van der Waals surface area (Å²) >= 11 is 0. The predicted molar refractivity (Wildman–Crippen MR) is 74.7 cm³/mol. The number of carbonyl (C=O) groups is 1. The highest BCUT2D eigenvalue weighted by molar-refractivity contribution is 5.76. The third kappa shape index (κ3) is 4.84. The van der Waals surface area contributed by atoms with Gasteiger partial charge in [-0.2, -0.15) is 13.2 Å². The maximum Gasteiger partial charge on any atom is 0.418 e. The molecule has 4 N–H and O–H groups in total. The van der Waals surface area contributed by atoms with Gasteiger partial charge in [-0.05, 0) is 37.5 Å². The van der Waals surface area contributed by atoms with E-state index in [0.717, 1.165) is 18.9 Å². The molecule has 1 fully saturated rings. The monoisotopic (exact) mass is 301 g/mol. The van der Waals surface area contributed by atoms with Gasteiger partial charge in [-0.25, -0.2) is 0 Å². The highest BCUT2D eigenvalue weighted by Gasteiger charge is 2.33. The van der Waals surface area contributed by atoms with Crippen LogP contribution in [-0.4, -0.2) is 18.5 Å². The van der Waals surface area contributed by atoms with Gasteiger partial charge in [0.15, 0.2) is 0 Å². The minimum Gasteiger partial charge on any atom is -0.398 e. The topological polar surface area (TPSA) is 67.1 Å². The number of nitrogens with one attached hydrogen (secondary N) is 2. The molecular formula is C14H18F3N3O. The van der Waals surface area contributed by atoms with E-state index < -0.39 is 11.7 Å². The van der Waals surface area contributed by atoms with Crippen molar-refractivity contribution < 1.29 is 18.0 Å². The van der Waals surface area contributed by atoms with Crippen molar-refractivity contribution in [3.63, 3.8) is 0 Å². The summed E-state index contributed by atoms with van der Waals surface area (Å²) in [5.74, 6) is -0.00686. The molecule has 0 unspecified atom stereocenters. The van der Waals surface area contributed by atoms with Crippen LogP contribution in [0.15, 0.2) is 18.2 Å². The summed E-state index contributed by atoms with van der Waals surface area (Å²) in [5.41, 5.74) is 4.53. The summed E-state index contributed by atoms with van der Waals surface area (Å²) in [6.07, 6.45) is -1.47. The Morgan fingerprint density at radius 2 is 2.05 bits per heavy atom. The SMILES string of the molecule is Nc1ccc(NCCCC(=O)NC2CC2)cc1C(F)(F)F. The zero-order valence-corrected chi connectivity index (χ0v) is 11.5. The number of nitrogens with two attached hydrogens (primary N) is 1. The molecule has 0 spiro atoms. The second kappa shape index (κ2) is 6.24. The van der Waals surface area contributed by atoms with Crippen LogP contribution in [0.5, 0.6) is 0 Å². The first-order valence-electron chi connectivity index (χ1n) is 6.86. The molecule has 1 amide bonds. The lowest BCUT2D eigenvalue weighted by molar-refractivity contribution is -0.136. The van der Waals surface area contributed by atoms with Gasteiger partial charge < -0.3 is 16.4 Å². The van der Waals surface area contributed by atoms with Crippen LogP contribution in [0.25, 0.3) is 0 Å². The lowest BCUT2D eigenvalue weighted by Gasteiger charge is -2.13. The molecule has 1 saturated carbocycles. The fourth-order valence-electron chi connectivity index (χ4n) is 1.92. The molecular weight excluding hydrogens is 283 g/mol.